The molecule has 0 fully saturated rings. The maximum Gasteiger partial charge on any atom is 0.424 e. The average molecular weight is 354 g/mol. The van der Waals surface area contributed by atoms with E-state index in [4.69, 9.17) is 5.11 Å². The maximum absolute atomic E-state index is 13.2. The lowest BCUT2D eigenvalue weighted by Gasteiger charge is -2.28. The Morgan fingerprint density at radius 1 is 1.35 bits per heavy atom. The fourth-order valence-corrected chi connectivity index (χ4v) is 2.45. The maximum atomic E-state index is 13.2. The number of nitrogens with one attached hydrogen (secondary N) is 1. The highest BCUT2D eigenvalue weighted by Gasteiger charge is 2.58. The van der Waals surface area contributed by atoms with Crippen molar-refractivity contribution < 1.29 is 33.0 Å². The predicted octanol–water partition coefficient (Wildman–Crippen LogP) is 1.82. The van der Waals surface area contributed by atoms with E-state index in [1.807, 2.05) is 0 Å². The van der Waals surface area contributed by atoms with Crippen molar-refractivity contribution in [3.8, 4) is 0 Å². The second-order valence-electron chi connectivity index (χ2n) is 5.79. The van der Waals surface area contributed by atoms with E-state index in [1.54, 1.807) is 0 Å². The van der Waals surface area contributed by atoms with Crippen LogP contribution in [0.15, 0.2) is 5.38 Å². The zero-order valence-electron chi connectivity index (χ0n) is 12.7. The summed E-state index contributed by atoms with van der Waals surface area (Å²) >= 11 is 0.599. The molecule has 3 N–H and O–H groups in total. The number of rotatable bonds is 6. The highest BCUT2D eigenvalue weighted by molar-refractivity contribution is 7.09. The summed E-state index contributed by atoms with van der Waals surface area (Å²) in [5.41, 5.74) is -4.47. The first kappa shape index (κ1) is 19.4. The van der Waals surface area contributed by atoms with Crippen molar-refractivity contribution >= 4 is 23.2 Å². The number of carbonyl (C=O) groups excluding carboxylic acids is 1. The third-order valence-electron chi connectivity index (χ3n) is 3.16. The van der Waals surface area contributed by atoms with Crippen molar-refractivity contribution in [1.29, 1.82) is 0 Å². The van der Waals surface area contributed by atoms with Crippen molar-refractivity contribution in [3.05, 3.63) is 16.1 Å². The molecule has 0 bridgehead atoms. The highest BCUT2D eigenvalue weighted by Crippen LogP contribution is 2.42. The number of aromatic nitrogens is 1. The van der Waals surface area contributed by atoms with Crippen LogP contribution in [0.2, 0.25) is 0 Å². The molecule has 0 aliphatic carbocycles. The quantitative estimate of drug-likeness (QED) is 0.724. The zero-order valence-corrected chi connectivity index (χ0v) is 13.5. The van der Waals surface area contributed by atoms with Gasteiger partial charge in [-0.15, -0.1) is 11.3 Å². The first-order valence-electron chi connectivity index (χ1n) is 6.51. The summed E-state index contributed by atoms with van der Waals surface area (Å²) in [6, 6.07) is 0. The number of carboxylic acid groups (broad SMARTS) is 1. The first-order valence-corrected chi connectivity index (χ1v) is 7.39. The number of hydrogen-bond acceptors (Lipinski definition) is 5. The van der Waals surface area contributed by atoms with E-state index in [-0.39, 0.29) is 6.54 Å². The van der Waals surface area contributed by atoms with E-state index in [0.29, 0.717) is 17.0 Å². The molecule has 23 heavy (non-hydrogen) atoms. The van der Waals surface area contributed by atoms with Crippen LogP contribution in [0, 0.1) is 12.3 Å². The van der Waals surface area contributed by atoms with Crippen molar-refractivity contribution in [2.24, 2.45) is 5.41 Å². The largest absolute Gasteiger partial charge is 0.481 e. The Labute approximate surface area is 134 Å². The average Bonchev–Trinajstić information content (AvgIpc) is 2.82. The number of hydrogen-bond donors (Lipinski definition) is 3. The molecule has 6 nitrogen and oxygen atoms in total. The van der Waals surface area contributed by atoms with Gasteiger partial charge in [0, 0.05) is 17.6 Å². The molecule has 0 aromatic carbocycles. The zero-order chi connectivity index (χ0) is 18.1. The smallest absolute Gasteiger partial charge is 0.424 e. The molecule has 0 radical (unpaired) electrons. The van der Waals surface area contributed by atoms with E-state index in [9.17, 15) is 27.9 Å². The van der Waals surface area contributed by atoms with Crippen molar-refractivity contribution in [1.82, 2.24) is 10.3 Å². The van der Waals surface area contributed by atoms with Gasteiger partial charge in [-0.1, -0.05) is 0 Å². The Bertz CT molecular complexity index is 600. The fraction of sp³-hybridized carbons (Fsp3) is 0.615. The Kier molecular flexibility index (Phi) is 5.42. The van der Waals surface area contributed by atoms with Crippen LogP contribution in [0.25, 0.3) is 0 Å². The van der Waals surface area contributed by atoms with Crippen LogP contribution in [0.5, 0.6) is 0 Å². The van der Waals surface area contributed by atoms with Gasteiger partial charge in [0.1, 0.15) is 5.01 Å². The molecule has 1 aromatic heterocycles. The first-order chi connectivity index (χ1) is 10.3. The second kappa shape index (κ2) is 6.44. The molecule has 1 aromatic rings. The fourth-order valence-electron chi connectivity index (χ4n) is 1.53. The Balaban J connectivity index is 2.92. The second-order valence-corrected chi connectivity index (χ2v) is 6.65. The van der Waals surface area contributed by atoms with Gasteiger partial charge in [-0.2, -0.15) is 13.2 Å². The van der Waals surface area contributed by atoms with Gasteiger partial charge in [-0.05, 0) is 20.8 Å². The SMILES string of the molecule is Cc1csc(C(O)(CC(=O)NCC(C)(C)C(=O)O)C(F)(F)F)n1. The number of aryl methyl sites for hydroxylation is 1. The topological polar surface area (TPSA) is 99.5 Å². The molecule has 0 spiro atoms. The van der Waals surface area contributed by atoms with Gasteiger partial charge in [0.15, 0.2) is 0 Å². The van der Waals surface area contributed by atoms with E-state index in [1.165, 1.54) is 26.2 Å². The summed E-state index contributed by atoms with van der Waals surface area (Å²) in [7, 11) is 0. The number of carbonyl (C=O) groups is 2. The lowest BCUT2D eigenvalue weighted by atomic mass is 9.93. The van der Waals surface area contributed by atoms with E-state index in [2.05, 4.69) is 10.3 Å². The van der Waals surface area contributed by atoms with Crippen molar-refractivity contribution in [3.63, 3.8) is 0 Å². The summed E-state index contributed by atoms with van der Waals surface area (Å²) in [4.78, 5) is 26.3. The van der Waals surface area contributed by atoms with Crippen molar-refractivity contribution in [2.75, 3.05) is 6.54 Å². The molecule has 1 heterocycles. The van der Waals surface area contributed by atoms with Gasteiger partial charge in [0.2, 0.25) is 11.5 Å². The molecule has 130 valence electrons. The van der Waals surface area contributed by atoms with Crippen LogP contribution in [0.1, 0.15) is 31.0 Å². The minimum absolute atomic E-state index is 0.292. The molecule has 1 unspecified atom stereocenters. The molecular weight excluding hydrogens is 337 g/mol. The number of alkyl halides is 3. The number of thiazole rings is 1. The minimum Gasteiger partial charge on any atom is -0.481 e. The van der Waals surface area contributed by atoms with E-state index < -0.39 is 40.5 Å². The number of amides is 1. The van der Waals surface area contributed by atoms with Crippen LogP contribution >= 0.6 is 11.3 Å². The summed E-state index contributed by atoms with van der Waals surface area (Å²) in [6.45, 7) is 3.73. The number of aliphatic hydroxyl groups is 1. The molecule has 0 saturated heterocycles. The molecule has 0 aliphatic heterocycles. The third-order valence-corrected chi connectivity index (χ3v) is 4.28. The number of aliphatic carboxylic acids is 1. The van der Waals surface area contributed by atoms with Crippen LogP contribution in [-0.2, 0) is 15.2 Å². The molecule has 0 saturated carbocycles. The van der Waals surface area contributed by atoms with Gasteiger partial charge < -0.3 is 15.5 Å². The van der Waals surface area contributed by atoms with Gasteiger partial charge in [-0.3, -0.25) is 9.59 Å². The highest BCUT2D eigenvalue weighted by atomic mass is 32.1. The summed E-state index contributed by atoms with van der Waals surface area (Å²) in [5, 5.41) is 21.7. The normalized spacial score (nSPS) is 15.1. The molecule has 1 amide bonds. The number of nitrogens with zero attached hydrogens (tertiary/aromatic N) is 1. The standard InChI is InChI=1S/C13H17F3N2O4S/c1-7-5-23-9(18-7)12(22,13(14,15)16)4-8(19)17-6-11(2,3)10(20)21/h5,22H,4,6H2,1-3H3,(H,17,19)(H,20,21). The monoisotopic (exact) mass is 354 g/mol. The lowest BCUT2D eigenvalue weighted by Crippen LogP contribution is -2.47. The number of carboxylic acids is 1. The van der Waals surface area contributed by atoms with Gasteiger partial charge >= 0.3 is 12.1 Å². The van der Waals surface area contributed by atoms with Crippen LogP contribution in [0.4, 0.5) is 13.2 Å². The summed E-state index contributed by atoms with van der Waals surface area (Å²) < 4.78 is 39.6. The summed E-state index contributed by atoms with van der Waals surface area (Å²) in [6.07, 6.45) is -6.39. The van der Waals surface area contributed by atoms with Crippen LogP contribution in [-0.4, -0.2) is 39.8 Å². The molecular formula is C13H17F3N2O4S. The van der Waals surface area contributed by atoms with E-state index >= 15 is 0 Å². The van der Waals surface area contributed by atoms with Crippen LogP contribution in [0.3, 0.4) is 0 Å². The Morgan fingerprint density at radius 3 is 2.30 bits per heavy atom. The molecule has 10 heteroatoms. The van der Waals surface area contributed by atoms with Gasteiger partial charge in [0.25, 0.3) is 0 Å². The predicted molar refractivity (Wildman–Crippen MR) is 75.8 cm³/mol. The molecule has 0 aliphatic rings. The van der Waals surface area contributed by atoms with Crippen molar-refractivity contribution in [2.45, 2.75) is 39.0 Å². The molecule has 1 atom stereocenters. The Hall–Kier alpha value is -1.68. The van der Waals surface area contributed by atoms with Crippen LogP contribution < -0.4 is 5.32 Å². The molecule has 1 rings (SSSR count). The van der Waals surface area contributed by atoms with E-state index in [0.717, 1.165) is 0 Å². The number of halogens is 3. The third kappa shape index (κ3) is 4.41. The van der Waals surface area contributed by atoms with Gasteiger partial charge in [0.05, 0.1) is 11.8 Å². The van der Waals surface area contributed by atoms with Gasteiger partial charge in [-0.25, -0.2) is 4.98 Å². The Morgan fingerprint density at radius 2 is 1.91 bits per heavy atom. The lowest BCUT2D eigenvalue weighted by molar-refractivity contribution is -0.267. The minimum atomic E-state index is -5.10. The summed E-state index contributed by atoms with van der Waals surface area (Å²) in [5.74, 6) is -2.33.